The number of aromatic hydroxyl groups is 1. The average Bonchev–Trinajstić information content (AvgIpc) is 2.61. The van der Waals surface area contributed by atoms with Crippen molar-refractivity contribution in [2.75, 3.05) is 0 Å². The lowest BCUT2D eigenvalue weighted by atomic mass is 10.4. The molecule has 0 spiro atoms. The summed E-state index contributed by atoms with van der Waals surface area (Å²) < 4.78 is 0. The van der Waals surface area contributed by atoms with Crippen molar-refractivity contribution >= 4 is 0 Å². The van der Waals surface area contributed by atoms with Crippen LogP contribution in [0.1, 0.15) is 12.6 Å². The molecule has 0 amide bonds. The van der Waals surface area contributed by atoms with Crippen LogP contribution in [0.5, 0.6) is 5.88 Å². The first-order chi connectivity index (χ1) is 6.81. The third-order valence-corrected chi connectivity index (χ3v) is 1.92. The van der Waals surface area contributed by atoms with E-state index in [1.807, 2.05) is 6.92 Å². The van der Waals surface area contributed by atoms with Gasteiger partial charge in [-0.3, -0.25) is 4.98 Å². The number of H-pyrrole nitrogens is 1. The van der Waals surface area contributed by atoms with E-state index in [0.717, 1.165) is 0 Å². The third-order valence-electron chi connectivity index (χ3n) is 1.92. The van der Waals surface area contributed by atoms with Gasteiger partial charge in [0.1, 0.15) is 5.69 Å². The van der Waals surface area contributed by atoms with E-state index in [1.54, 1.807) is 18.6 Å². The van der Waals surface area contributed by atoms with E-state index in [0.29, 0.717) is 23.6 Å². The Kier molecular flexibility index (Phi) is 2.14. The molecule has 0 unspecified atom stereocenters. The minimum atomic E-state index is 0.0353. The number of aromatic amines is 1. The molecule has 14 heavy (non-hydrogen) atoms. The number of aromatic nitrogens is 4. The van der Waals surface area contributed by atoms with Crippen LogP contribution >= 0.6 is 0 Å². The Hall–Kier alpha value is -1.91. The van der Waals surface area contributed by atoms with Crippen molar-refractivity contribution in [1.29, 1.82) is 0 Å². The SMILES string of the molecule is CCc1[nH]c(-c2cnccn2)nc1O. The zero-order chi connectivity index (χ0) is 9.97. The van der Waals surface area contributed by atoms with Crippen molar-refractivity contribution in [3.63, 3.8) is 0 Å². The lowest BCUT2D eigenvalue weighted by Gasteiger charge is -1.92. The molecule has 0 aliphatic rings. The number of hydrogen-bond acceptors (Lipinski definition) is 4. The normalized spacial score (nSPS) is 10.4. The molecule has 72 valence electrons. The second kappa shape index (κ2) is 3.45. The zero-order valence-corrected chi connectivity index (χ0v) is 7.73. The van der Waals surface area contributed by atoms with Crippen LogP contribution in [0.25, 0.3) is 11.5 Å². The number of hydrogen-bond donors (Lipinski definition) is 2. The number of imidazole rings is 1. The van der Waals surface area contributed by atoms with Crippen LogP contribution in [0.2, 0.25) is 0 Å². The fourth-order valence-electron chi connectivity index (χ4n) is 1.19. The second-order valence-electron chi connectivity index (χ2n) is 2.83. The molecular formula is C9H10N4O. The zero-order valence-electron chi connectivity index (χ0n) is 7.73. The molecule has 0 radical (unpaired) electrons. The standard InChI is InChI=1S/C9H10N4O/c1-2-6-9(14)13-8(12-6)7-5-10-3-4-11-7/h3-5,14H,2H2,1H3,(H,12,13). The van der Waals surface area contributed by atoms with Gasteiger partial charge in [-0.1, -0.05) is 6.92 Å². The molecule has 0 aliphatic heterocycles. The molecule has 2 heterocycles. The highest BCUT2D eigenvalue weighted by molar-refractivity contribution is 5.49. The Morgan fingerprint density at radius 3 is 2.86 bits per heavy atom. The highest BCUT2D eigenvalue weighted by Crippen LogP contribution is 2.19. The van der Waals surface area contributed by atoms with E-state index in [9.17, 15) is 5.11 Å². The third kappa shape index (κ3) is 1.44. The summed E-state index contributed by atoms with van der Waals surface area (Å²) in [7, 11) is 0. The maximum absolute atomic E-state index is 9.40. The first kappa shape index (κ1) is 8.68. The van der Waals surface area contributed by atoms with Crippen LogP contribution in [0.15, 0.2) is 18.6 Å². The Morgan fingerprint density at radius 1 is 1.43 bits per heavy atom. The molecule has 0 saturated carbocycles. The van der Waals surface area contributed by atoms with Gasteiger partial charge < -0.3 is 10.1 Å². The molecule has 0 aliphatic carbocycles. The summed E-state index contributed by atoms with van der Waals surface area (Å²) in [5, 5.41) is 9.40. The van der Waals surface area contributed by atoms with Crippen LogP contribution in [-0.4, -0.2) is 25.0 Å². The fraction of sp³-hybridized carbons (Fsp3) is 0.222. The molecule has 2 N–H and O–H groups in total. The van der Waals surface area contributed by atoms with E-state index in [4.69, 9.17) is 0 Å². The summed E-state index contributed by atoms with van der Waals surface area (Å²) in [4.78, 5) is 14.9. The molecule has 0 atom stereocenters. The van der Waals surface area contributed by atoms with E-state index in [2.05, 4.69) is 19.9 Å². The van der Waals surface area contributed by atoms with Crippen molar-refractivity contribution in [3.8, 4) is 17.4 Å². The molecule has 0 saturated heterocycles. The van der Waals surface area contributed by atoms with E-state index in [1.165, 1.54) is 0 Å². The van der Waals surface area contributed by atoms with Gasteiger partial charge in [-0.2, -0.15) is 4.98 Å². The smallest absolute Gasteiger partial charge is 0.232 e. The predicted octanol–water partition coefficient (Wildman–Crippen LogP) is 1.13. The van der Waals surface area contributed by atoms with Crippen LogP contribution in [0, 0.1) is 0 Å². The van der Waals surface area contributed by atoms with Crippen molar-refractivity contribution < 1.29 is 5.11 Å². The van der Waals surface area contributed by atoms with Crippen LogP contribution in [0.3, 0.4) is 0 Å². The molecular weight excluding hydrogens is 180 g/mol. The van der Waals surface area contributed by atoms with Gasteiger partial charge in [0.25, 0.3) is 0 Å². The van der Waals surface area contributed by atoms with Gasteiger partial charge in [0.05, 0.1) is 11.9 Å². The van der Waals surface area contributed by atoms with Crippen LogP contribution in [0.4, 0.5) is 0 Å². The number of aryl methyl sites for hydroxylation is 1. The molecule has 2 aromatic heterocycles. The number of nitrogens with zero attached hydrogens (tertiary/aromatic N) is 3. The minimum Gasteiger partial charge on any atom is -0.492 e. The molecule has 2 aromatic rings. The molecule has 0 aromatic carbocycles. The fourth-order valence-corrected chi connectivity index (χ4v) is 1.19. The summed E-state index contributed by atoms with van der Waals surface area (Å²) in [5.74, 6) is 0.584. The highest BCUT2D eigenvalue weighted by Gasteiger charge is 2.09. The van der Waals surface area contributed by atoms with Gasteiger partial charge >= 0.3 is 0 Å². The lowest BCUT2D eigenvalue weighted by molar-refractivity contribution is 0.450. The van der Waals surface area contributed by atoms with Crippen molar-refractivity contribution in [2.45, 2.75) is 13.3 Å². The maximum atomic E-state index is 9.40. The minimum absolute atomic E-state index is 0.0353. The molecule has 0 fully saturated rings. The van der Waals surface area contributed by atoms with Crippen molar-refractivity contribution in [2.24, 2.45) is 0 Å². The Bertz CT molecular complexity index is 424. The Morgan fingerprint density at radius 2 is 2.29 bits per heavy atom. The Balaban J connectivity index is 2.43. The summed E-state index contributed by atoms with van der Waals surface area (Å²) in [6, 6.07) is 0. The number of nitrogens with one attached hydrogen (secondary N) is 1. The van der Waals surface area contributed by atoms with E-state index < -0.39 is 0 Å². The summed E-state index contributed by atoms with van der Waals surface area (Å²) in [5.41, 5.74) is 1.34. The predicted molar refractivity (Wildman–Crippen MR) is 50.7 cm³/mol. The average molecular weight is 190 g/mol. The van der Waals surface area contributed by atoms with Gasteiger partial charge in [0.15, 0.2) is 5.82 Å². The molecule has 5 nitrogen and oxygen atoms in total. The molecule has 2 rings (SSSR count). The van der Waals surface area contributed by atoms with Crippen LogP contribution in [-0.2, 0) is 6.42 Å². The monoisotopic (exact) mass is 190 g/mol. The second-order valence-corrected chi connectivity index (χ2v) is 2.83. The summed E-state index contributed by atoms with van der Waals surface area (Å²) in [6.07, 6.45) is 5.48. The highest BCUT2D eigenvalue weighted by atomic mass is 16.3. The molecule has 5 heteroatoms. The summed E-state index contributed by atoms with van der Waals surface area (Å²) >= 11 is 0. The lowest BCUT2D eigenvalue weighted by Crippen LogP contribution is -1.86. The van der Waals surface area contributed by atoms with Gasteiger partial charge in [0.2, 0.25) is 5.88 Å². The topological polar surface area (TPSA) is 74.7 Å². The largest absolute Gasteiger partial charge is 0.492 e. The van der Waals surface area contributed by atoms with Gasteiger partial charge in [-0.05, 0) is 6.42 Å². The van der Waals surface area contributed by atoms with Crippen molar-refractivity contribution in [3.05, 3.63) is 24.3 Å². The maximum Gasteiger partial charge on any atom is 0.232 e. The summed E-state index contributed by atoms with van der Waals surface area (Å²) in [6.45, 7) is 1.94. The Labute approximate surface area is 80.9 Å². The van der Waals surface area contributed by atoms with Crippen LogP contribution < -0.4 is 0 Å². The number of rotatable bonds is 2. The van der Waals surface area contributed by atoms with Gasteiger partial charge in [-0.15, -0.1) is 0 Å². The first-order valence-corrected chi connectivity index (χ1v) is 4.35. The van der Waals surface area contributed by atoms with Gasteiger partial charge in [0, 0.05) is 12.4 Å². The quantitative estimate of drug-likeness (QED) is 0.744. The van der Waals surface area contributed by atoms with E-state index >= 15 is 0 Å². The molecule has 0 bridgehead atoms. The van der Waals surface area contributed by atoms with Gasteiger partial charge in [-0.25, -0.2) is 4.98 Å². The van der Waals surface area contributed by atoms with Crippen molar-refractivity contribution in [1.82, 2.24) is 19.9 Å². The van der Waals surface area contributed by atoms with E-state index in [-0.39, 0.29) is 5.88 Å². The first-order valence-electron chi connectivity index (χ1n) is 4.35.